The van der Waals surface area contributed by atoms with Crippen LogP contribution in [0.2, 0.25) is 0 Å². The Morgan fingerprint density at radius 1 is 0.929 bits per heavy atom. The summed E-state index contributed by atoms with van der Waals surface area (Å²) in [5.74, 6) is 0.898. The zero-order chi connectivity index (χ0) is 19.5. The summed E-state index contributed by atoms with van der Waals surface area (Å²) >= 11 is 0. The van der Waals surface area contributed by atoms with Crippen molar-refractivity contribution >= 4 is 10.8 Å². The van der Waals surface area contributed by atoms with Gasteiger partial charge in [-0.15, -0.1) is 0 Å². The highest BCUT2D eigenvalue weighted by Gasteiger charge is 2.10. The molecule has 0 saturated carbocycles. The molecule has 142 valence electrons. The second-order valence-corrected chi connectivity index (χ2v) is 7.32. The molecule has 0 bridgehead atoms. The van der Waals surface area contributed by atoms with E-state index in [0.29, 0.717) is 6.04 Å². The Labute approximate surface area is 166 Å². The molecule has 0 aliphatic carbocycles. The number of nitrogens with one attached hydrogen (secondary N) is 1. The molecule has 3 nitrogen and oxygen atoms in total. The number of ether oxygens (including phenoxy) is 1. The molecule has 1 heterocycles. The maximum absolute atomic E-state index is 5.64. The van der Waals surface area contributed by atoms with Crippen LogP contribution in [0.15, 0.2) is 79.1 Å². The summed E-state index contributed by atoms with van der Waals surface area (Å²) in [6.07, 6.45) is 4.29. The third kappa shape index (κ3) is 3.80. The summed E-state index contributed by atoms with van der Waals surface area (Å²) in [6, 6.07) is 23.8. The number of methoxy groups -OCH3 is 1. The van der Waals surface area contributed by atoms with E-state index in [1.807, 2.05) is 0 Å². The Hall–Kier alpha value is -3.04. The van der Waals surface area contributed by atoms with E-state index in [1.165, 1.54) is 27.5 Å². The van der Waals surface area contributed by atoms with E-state index in [0.717, 1.165) is 17.9 Å². The summed E-state index contributed by atoms with van der Waals surface area (Å²) < 4.78 is 7.74. The Balaban J connectivity index is 1.60. The topological polar surface area (TPSA) is 26.2 Å². The summed E-state index contributed by atoms with van der Waals surface area (Å²) in [5.41, 5.74) is 4.84. The van der Waals surface area contributed by atoms with Gasteiger partial charge in [0, 0.05) is 37.6 Å². The van der Waals surface area contributed by atoms with E-state index >= 15 is 0 Å². The zero-order valence-corrected chi connectivity index (χ0v) is 16.6. The maximum atomic E-state index is 5.64. The molecule has 1 N–H and O–H groups in total. The zero-order valence-electron chi connectivity index (χ0n) is 16.6. The van der Waals surface area contributed by atoms with Gasteiger partial charge < -0.3 is 14.6 Å². The Morgan fingerprint density at radius 2 is 1.71 bits per heavy atom. The number of aryl methyl sites for hydroxylation is 1. The van der Waals surface area contributed by atoms with Gasteiger partial charge in [-0.3, -0.25) is 0 Å². The van der Waals surface area contributed by atoms with E-state index in [9.17, 15) is 0 Å². The predicted molar refractivity (Wildman–Crippen MR) is 117 cm³/mol. The van der Waals surface area contributed by atoms with Gasteiger partial charge in [-0.25, -0.2) is 0 Å². The van der Waals surface area contributed by atoms with Gasteiger partial charge in [0.15, 0.2) is 0 Å². The quantitative estimate of drug-likeness (QED) is 0.471. The van der Waals surface area contributed by atoms with E-state index in [-0.39, 0.29) is 0 Å². The summed E-state index contributed by atoms with van der Waals surface area (Å²) in [4.78, 5) is 0. The van der Waals surface area contributed by atoms with Crippen molar-refractivity contribution in [3.8, 4) is 16.9 Å². The van der Waals surface area contributed by atoms with Gasteiger partial charge in [0.25, 0.3) is 0 Å². The average Bonchev–Trinajstić information content (AvgIpc) is 3.11. The fourth-order valence-electron chi connectivity index (χ4n) is 3.67. The molecular weight excluding hydrogens is 344 g/mol. The maximum Gasteiger partial charge on any atom is 0.126 e. The fourth-order valence-corrected chi connectivity index (χ4v) is 3.67. The van der Waals surface area contributed by atoms with Gasteiger partial charge in [-0.2, -0.15) is 0 Å². The van der Waals surface area contributed by atoms with Gasteiger partial charge in [0.2, 0.25) is 0 Å². The van der Waals surface area contributed by atoms with E-state index in [2.05, 4.69) is 103 Å². The third-order valence-corrected chi connectivity index (χ3v) is 5.26. The lowest BCUT2D eigenvalue weighted by atomic mass is 10.00. The fraction of sp³-hybridized carbons (Fsp3) is 0.200. The first kappa shape index (κ1) is 18.3. The molecule has 3 aromatic carbocycles. The SMILES string of the molecule is COc1ccc(CN[C@H](C)c2ccccc2)cc1-c1ccc2cn(C)cc2c1. The van der Waals surface area contributed by atoms with Crippen molar-refractivity contribution in [2.45, 2.75) is 19.5 Å². The smallest absolute Gasteiger partial charge is 0.126 e. The number of hydrogen-bond acceptors (Lipinski definition) is 2. The molecule has 3 heteroatoms. The van der Waals surface area contributed by atoms with Gasteiger partial charge in [-0.05, 0) is 52.6 Å². The molecule has 4 rings (SSSR count). The molecule has 0 unspecified atom stereocenters. The molecule has 0 amide bonds. The highest BCUT2D eigenvalue weighted by molar-refractivity contribution is 5.88. The second kappa shape index (κ2) is 7.91. The van der Waals surface area contributed by atoms with Crippen molar-refractivity contribution < 1.29 is 4.74 Å². The second-order valence-electron chi connectivity index (χ2n) is 7.32. The molecule has 0 radical (unpaired) electrons. The molecule has 0 spiro atoms. The first-order valence-electron chi connectivity index (χ1n) is 9.65. The molecule has 28 heavy (non-hydrogen) atoms. The lowest BCUT2D eigenvalue weighted by molar-refractivity contribution is 0.416. The van der Waals surface area contributed by atoms with Crippen LogP contribution in [-0.2, 0) is 13.6 Å². The summed E-state index contributed by atoms with van der Waals surface area (Å²) in [5, 5.41) is 6.11. The molecule has 0 aliphatic heterocycles. The highest BCUT2D eigenvalue weighted by Crippen LogP contribution is 2.33. The molecule has 0 fully saturated rings. The van der Waals surface area contributed by atoms with Crippen LogP contribution in [0.1, 0.15) is 24.1 Å². The Kier molecular flexibility index (Phi) is 5.18. The van der Waals surface area contributed by atoms with Crippen LogP contribution in [-0.4, -0.2) is 11.7 Å². The summed E-state index contributed by atoms with van der Waals surface area (Å²) in [7, 11) is 3.79. The average molecular weight is 370 g/mol. The van der Waals surface area contributed by atoms with Crippen LogP contribution in [0.5, 0.6) is 5.75 Å². The van der Waals surface area contributed by atoms with E-state index < -0.39 is 0 Å². The van der Waals surface area contributed by atoms with Crippen LogP contribution in [0.25, 0.3) is 21.9 Å². The predicted octanol–water partition coefficient (Wildman–Crippen LogP) is 5.70. The monoisotopic (exact) mass is 370 g/mol. The van der Waals surface area contributed by atoms with Crippen molar-refractivity contribution in [2.75, 3.05) is 7.11 Å². The van der Waals surface area contributed by atoms with Crippen molar-refractivity contribution in [2.24, 2.45) is 7.05 Å². The van der Waals surface area contributed by atoms with Gasteiger partial charge in [-0.1, -0.05) is 48.5 Å². The first-order chi connectivity index (χ1) is 13.6. The van der Waals surface area contributed by atoms with Crippen molar-refractivity contribution in [1.82, 2.24) is 9.88 Å². The van der Waals surface area contributed by atoms with Gasteiger partial charge in [0.1, 0.15) is 5.75 Å². The molecule has 0 saturated heterocycles. The molecule has 0 aliphatic rings. The first-order valence-corrected chi connectivity index (χ1v) is 9.65. The van der Waals surface area contributed by atoms with Gasteiger partial charge in [0.05, 0.1) is 7.11 Å². The molecule has 1 atom stereocenters. The number of nitrogens with zero attached hydrogens (tertiary/aromatic N) is 1. The van der Waals surface area contributed by atoms with Crippen molar-refractivity contribution in [3.05, 3.63) is 90.3 Å². The standard InChI is InChI=1S/C25H26N2O/c1-18(20-7-5-4-6-8-20)26-15-19-9-12-25(28-3)24(13-19)21-10-11-22-16-27(2)17-23(22)14-21/h4-14,16-18,26H,15H2,1-3H3/t18-/m1/s1. The van der Waals surface area contributed by atoms with Crippen molar-refractivity contribution in [1.29, 1.82) is 0 Å². The summed E-state index contributed by atoms with van der Waals surface area (Å²) in [6.45, 7) is 3.00. The number of rotatable bonds is 6. The lowest BCUT2D eigenvalue weighted by Gasteiger charge is -2.16. The number of fused-ring (bicyclic) bond motifs is 1. The molecular formula is C25H26N2O. The minimum absolute atomic E-state index is 0.299. The molecule has 1 aromatic heterocycles. The minimum Gasteiger partial charge on any atom is -0.496 e. The molecule has 4 aromatic rings. The lowest BCUT2D eigenvalue weighted by Crippen LogP contribution is -2.18. The number of hydrogen-bond donors (Lipinski definition) is 1. The van der Waals surface area contributed by atoms with Gasteiger partial charge >= 0.3 is 0 Å². The normalized spacial score (nSPS) is 12.2. The largest absolute Gasteiger partial charge is 0.496 e. The third-order valence-electron chi connectivity index (χ3n) is 5.26. The van der Waals surface area contributed by atoms with Crippen molar-refractivity contribution in [3.63, 3.8) is 0 Å². The van der Waals surface area contributed by atoms with Crippen LogP contribution in [0, 0.1) is 0 Å². The van der Waals surface area contributed by atoms with E-state index in [1.54, 1.807) is 7.11 Å². The van der Waals surface area contributed by atoms with Crippen LogP contribution in [0.3, 0.4) is 0 Å². The Bertz CT molecular complexity index is 1080. The highest BCUT2D eigenvalue weighted by atomic mass is 16.5. The van der Waals surface area contributed by atoms with Crippen LogP contribution < -0.4 is 10.1 Å². The van der Waals surface area contributed by atoms with E-state index in [4.69, 9.17) is 4.74 Å². The minimum atomic E-state index is 0.299. The Morgan fingerprint density at radius 3 is 2.50 bits per heavy atom. The number of benzene rings is 3. The van der Waals surface area contributed by atoms with Crippen LogP contribution >= 0.6 is 0 Å². The number of aromatic nitrogens is 1. The van der Waals surface area contributed by atoms with Crippen LogP contribution in [0.4, 0.5) is 0 Å².